The first-order valence-electron chi connectivity index (χ1n) is 6.59. The van der Waals surface area contributed by atoms with Crippen LogP contribution in [0, 0.1) is 11.8 Å². The van der Waals surface area contributed by atoms with E-state index in [2.05, 4.69) is 20.4 Å². The zero-order valence-corrected chi connectivity index (χ0v) is 10.4. The molecule has 0 aliphatic carbocycles. The molecule has 2 unspecified atom stereocenters. The highest BCUT2D eigenvalue weighted by Crippen LogP contribution is 2.26. The largest absolute Gasteiger partial charge is 0.339 e. The Balaban J connectivity index is 1.58. The van der Waals surface area contributed by atoms with Crippen molar-refractivity contribution in [2.24, 2.45) is 11.8 Å². The Morgan fingerprint density at radius 3 is 3.12 bits per heavy atom. The van der Waals surface area contributed by atoms with Crippen LogP contribution in [0.4, 0.5) is 0 Å². The number of likely N-dealkylation sites (tertiary alicyclic amines) is 1. The van der Waals surface area contributed by atoms with E-state index < -0.39 is 0 Å². The second-order valence-electron chi connectivity index (χ2n) is 5.16. The molecule has 0 spiro atoms. The van der Waals surface area contributed by atoms with E-state index in [0.717, 1.165) is 36.5 Å². The van der Waals surface area contributed by atoms with E-state index in [-0.39, 0.29) is 0 Å². The highest BCUT2D eigenvalue weighted by Gasteiger charge is 2.32. The highest BCUT2D eigenvalue weighted by molar-refractivity contribution is 4.91. The fourth-order valence-corrected chi connectivity index (χ4v) is 2.95. The van der Waals surface area contributed by atoms with E-state index in [1.807, 2.05) is 6.92 Å². The number of hydrogen-bond acceptors (Lipinski definition) is 5. The molecule has 2 aliphatic rings. The summed E-state index contributed by atoms with van der Waals surface area (Å²) in [5, 5.41) is 7.51. The maximum absolute atomic E-state index is 5.14. The molecular weight excluding hydrogens is 216 g/mol. The number of aromatic nitrogens is 2. The SMILES string of the molecule is CCc1nc(CN2CCC3CNCC3C2)no1. The van der Waals surface area contributed by atoms with Gasteiger partial charge < -0.3 is 9.84 Å². The minimum Gasteiger partial charge on any atom is -0.339 e. The minimum atomic E-state index is 0.748. The van der Waals surface area contributed by atoms with Crippen LogP contribution in [-0.2, 0) is 13.0 Å². The van der Waals surface area contributed by atoms with Crippen LogP contribution in [-0.4, -0.2) is 41.2 Å². The third kappa shape index (κ3) is 2.35. The average Bonchev–Trinajstić information content (AvgIpc) is 2.96. The van der Waals surface area contributed by atoms with Crippen LogP contribution in [0.25, 0.3) is 0 Å². The molecular formula is C12H20N4O. The molecule has 2 saturated heterocycles. The van der Waals surface area contributed by atoms with Crippen molar-refractivity contribution < 1.29 is 4.52 Å². The van der Waals surface area contributed by atoms with Gasteiger partial charge in [0.15, 0.2) is 5.82 Å². The summed E-state index contributed by atoms with van der Waals surface area (Å²) < 4.78 is 5.14. The number of piperidine rings is 1. The van der Waals surface area contributed by atoms with Gasteiger partial charge in [-0.2, -0.15) is 4.98 Å². The lowest BCUT2D eigenvalue weighted by Crippen LogP contribution is -2.39. The summed E-state index contributed by atoms with van der Waals surface area (Å²) in [4.78, 5) is 6.83. The summed E-state index contributed by atoms with van der Waals surface area (Å²) in [5.74, 6) is 3.30. The van der Waals surface area contributed by atoms with Crippen LogP contribution in [0.3, 0.4) is 0 Å². The number of nitrogens with one attached hydrogen (secondary N) is 1. The summed E-state index contributed by atoms with van der Waals surface area (Å²) in [6, 6.07) is 0. The summed E-state index contributed by atoms with van der Waals surface area (Å²) in [6.07, 6.45) is 2.12. The predicted molar refractivity (Wildman–Crippen MR) is 63.4 cm³/mol. The van der Waals surface area contributed by atoms with Crippen LogP contribution < -0.4 is 5.32 Å². The van der Waals surface area contributed by atoms with E-state index in [4.69, 9.17) is 4.52 Å². The minimum absolute atomic E-state index is 0.748. The highest BCUT2D eigenvalue weighted by atomic mass is 16.5. The monoisotopic (exact) mass is 236 g/mol. The number of aryl methyl sites for hydroxylation is 1. The Labute approximate surface area is 102 Å². The maximum Gasteiger partial charge on any atom is 0.226 e. The summed E-state index contributed by atoms with van der Waals surface area (Å²) in [7, 11) is 0. The second-order valence-corrected chi connectivity index (χ2v) is 5.16. The third-order valence-electron chi connectivity index (χ3n) is 3.97. The van der Waals surface area contributed by atoms with Crippen LogP contribution >= 0.6 is 0 Å². The van der Waals surface area contributed by atoms with Crippen molar-refractivity contribution in [2.75, 3.05) is 26.2 Å². The van der Waals surface area contributed by atoms with Crippen molar-refractivity contribution in [3.8, 4) is 0 Å². The van der Waals surface area contributed by atoms with Gasteiger partial charge in [0, 0.05) is 13.0 Å². The van der Waals surface area contributed by atoms with Gasteiger partial charge in [-0.05, 0) is 37.9 Å². The fraction of sp³-hybridized carbons (Fsp3) is 0.833. The van der Waals surface area contributed by atoms with Gasteiger partial charge in [0.05, 0.1) is 6.54 Å². The van der Waals surface area contributed by atoms with Crippen LogP contribution in [0.15, 0.2) is 4.52 Å². The van der Waals surface area contributed by atoms with E-state index in [1.165, 1.54) is 32.6 Å². The number of nitrogens with zero attached hydrogens (tertiary/aromatic N) is 3. The molecule has 1 N–H and O–H groups in total. The van der Waals surface area contributed by atoms with E-state index in [1.54, 1.807) is 0 Å². The van der Waals surface area contributed by atoms with Crippen molar-refractivity contribution in [3.05, 3.63) is 11.7 Å². The number of rotatable bonds is 3. The molecule has 3 rings (SSSR count). The van der Waals surface area contributed by atoms with E-state index in [9.17, 15) is 0 Å². The van der Waals surface area contributed by atoms with Crippen molar-refractivity contribution in [3.63, 3.8) is 0 Å². The van der Waals surface area contributed by atoms with Crippen LogP contribution in [0.2, 0.25) is 0 Å². The van der Waals surface area contributed by atoms with Gasteiger partial charge in [-0.15, -0.1) is 0 Å². The number of hydrogen-bond donors (Lipinski definition) is 1. The van der Waals surface area contributed by atoms with Gasteiger partial charge in [0.1, 0.15) is 0 Å². The molecule has 94 valence electrons. The molecule has 5 nitrogen and oxygen atoms in total. The quantitative estimate of drug-likeness (QED) is 0.836. The molecule has 0 amide bonds. The lowest BCUT2D eigenvalue weighted by atomic mass is 9.89. The summed E-state index contributed by atoms with van der Waals surface area (Å²) in [6.45, 7) is 7.60. The van der Waals surface area contributed by atoms with Crippen LogP contribution in [0.1, 0.15) is 25.1 Å². The first kappa shape index (κ1) is 11.2. The lowest BCUT2D eigenvalue weighted by Gasteiger charge is -2.33. The Kier molecular flexibility index (Phi) is 3.11. The first-order valence-corrected chi connectivity index (χ1v) is 6.59. The van der Waals surface area contributed by atoms with Gasteiger partial charge in [-0.1, -0.05) is 12.1 Å². The zero-order chi connectivity index (χ0) is 11.7. The maximum atomic E-state index is 5.14. The predicted octanol–water partition coefficient (Wildman–Crippen LogP) is 0.673. The lowest BCUT2D eigenvalue weighted by molar-refractivity contribution is 0.138. The smallest absolute Gasteiger partial charge is 0.226 e. The first-order chi connectivity index (χ1) is 8.35. The summed E-state index contributed by atoms with van der Waals surface area (Å²) >= 11 is 0. The molecule has 3 heterocycles. The van der Waals surface area contributed by atoms with Crippen LogP contribution in [0.5, 0.6) is 0 Å². The van der Waals surface area contributed by atoms with E-state index >= 15 is 0 Å². The van der Waals surface area contributed by atoms with Gasteiger partial charge in [0.2, 0.25) is 5.89 Å². The molecule has 0 aromatic carbocycles. The topological polar surface area (TPSA) is 54.2 Å². The van der Waals surface area contributed by atoms with E-state index in [0.29, 0.717) is 0 Å². The molecule has 2 fully saturated rings. The Morgan fingerprint density at radius 2 is 2.29 bits per heavy atom. The molecule has 0 bridgehead atoms. The average molecular weight is 236 g/mol. The molecule has 5 heteroatoms. The Bertz CT molecular complexity index is 378. The van der Waals surface area contributed by atoms with Crippen molar-refractivity contribution in [1.29, 1.82) is 0 Å². The Hall–Kier alpha value is -0.940. The van der Waals surface area contributed by atoms with Gasteiger partial charge in [0.25, 0.3) is 0 Å². The molecule has 1 aromatic rings. The zero-order valence-electron chi connectivity index (χ0n) is 10.4. The second kappa shape index (κ2) is 4.74. The summed E-state index contributed by atoms with van der Waals surface area (Å²) in [5.41, 5.74) is 0. The molecule has 17 heavy (non-hydrogen) atoms. The van der Waals surface area contributed by atoms with Gasteiger partial charge in [-0.25, -0.2) is 0 Å². The normalized spacial score (nSPS) is 29.5. The van der Waals surface area contributed by atoms with Crippen molar-refractivity contribution in [2.45, 2.75) is 26.3 Å². The number of fused-ring (bicyclic) bond motifs is 1. The molecule has 2 atom stereocenters. The fourth-order valence-electron chi connectivity index (χ4n) is 2.95. The molecule has 1 aromatic heterocycles. The molecule has 0 saturated carbocycles. The standard InChI is InChI=1S/C12H20N4O/c1-2-12-14-11(15-17-12)8-16-4-3-9-5-13-6-10(9)7-16/h9-10,13H,2-8H2,1H3. The molecule has 2 aliphatic heterocycles. The van der Waals surface area contributed by atoms with Crippen molar-refractivity contribution in [1.82, 2.24) is 20.4 Å². The Morgan fingerprint density at radius 1 is 1.41 bits per heavy atom. The van der Waals surface area contributed by atoms with Gasteiger partial charge >= 0.3 is 0 Å². The third-order valence-corrected chi connectivity index (χ3v) is 3.97. The van der Waals surface area contributed by atoms with Crippen molar-refractivity contribution >= 4 is 0 Å². The van der Waals surface area contributed by atoms with Gasteiger partial charge in [-0.3, -0.25) is 4.90 Å². The molecule has 0 radical (unpaired) electrons.